The van der Waals surface area contributed by atoms with Gasteiger partial charge in [0, 0.05) is 0 Å². The first-order chi connectivity index (χ1) is 7.84. The number of carboxylic acids is 1. The normalized spacial score (nSPS) is 10.6. The van der Waals surface area contributed by atoms with Crippen molar-refractivity contribution in [1.29, 1.82) is 0 Å². The van der Waals surface area contributed by atoms with E-state index in [1.807, 2.05) is 0 Å². The third-order valence-corrected chi connectivity index (χ3v) is 1.86. The van der Waals surface area contributed by atoms with Crippen molar-refractivity contribution >= 4 is 11.9 Å². The van der Waals surface area contributed by atoms with Gasteiger partial charge in [0.15, 0.2) is 5.69 Å². The molecule has 0 bridgehead atoms. The Kier molecular flexibility index (Phi) is 3.48. The van der Waals surface area contributed by atoms with Gasteiger partial charge in [-0.05, 0) is 13.8 Å². The molecule has 0 saturated heterocycles. The average molecular weight is 236 g/mol. The van der Waals surface area contributed by atoms with E-state index in [0.717, 1.165) is 4.68 Å². The molecule has 0 aromatic carbocycles. The van der Waals surface area contributed by atoms with E-state index in [4.69, 9.17) is 11.5 Å². The summed E-state index contributed by atoms with van der Waals surface area (Å²) in [5.41, 5.74) is -0.775. The number of carbonyl (C=O) groups is 2. The molecule has 1 aromatic rings. The summed E-state index contributed by atoms with van der Waals surface area (Å²) in [5.74, 6) is 0.840. The van der Waals surface area contributed by atoms with Crippen molar-refractivity contribution in [3.8, 4) is 12.3 Å². The van der Waals surface area contributed by atoms with Gasteiger partial charge < -0.3 is 10.4 Å². The number of hydrogen-bond acceptors (Lipinski definition) is 4. The number of hydrogen-bond donors (Lipinski definition) is 2. The van der Waals surface area contributed by atoms with Crippen molar-refractivity contribution in [3.63, 3.8) is 0 Å². The summed E-state index contributed by atoms with van der Waals surface area (Å²) >= 11 is 0. The Morgan fingerprint density at radius 2 is 2.29 bits per heavy atom. The first-order valence-corrected chi connectivity index (χ1v) is 4.76. The summed E-state index contributed by atoms with van der Waals surface area (Å²) in [4.78, 5) is 22.1. The monoisotopic (exact) mass is 236 g/mol. The van der Waals surface area contributed by atoms with Gasteiger partial charge in [0.05, 0.1) is 11.7 Å². The van der Waals surface area contributed by atoms with Gasteiger partial charge in [0.2, 0.25) is 0 Å². The largest absolute Gasteiger partial charge is 0.480 e. The lowest BCUT2D eigenvalue weighted by molar-refractivity contribution is -0.137. The molecule has 0 radical (unpaired) electrons. The fraction of sp³-hybridized carbons (Fsp3) is 0.400. The zero-order valence-electron chi connectivity index (χ0n) is 9.47. The van der Waals surface area contributed by atoms with E-state index in [9.17, 15) is 9.59 Å². The van der Waals surface area contributed by atoms with Crippen LogP contribution in [0.25, 0.3) is 0 Å². The van der Waals surface area contributed by atoms with Gasteiger partial charge >= 0.3 is 5.97 Å². The van der Waals surface area contributed by atoms with Gasteiger partial charge in [0.25, 0.3) is 5.91 Å². The standard InChI is InChI=1S/C10H12N4O3/c1-4-10(2,3)11-9(17)7-5-14(13-12-7)6-8(15)16/h1,5H,6H2,2-3H3,(H,11,17)(H,15,16). The second-order valence-electron chi connectivity index (χ2n) is 3.92. The molecule has 0 atom stereocenters. The van der Waals surface area contributed by atoms with E-state index < -0.39 is 17.4 Å². The molecular formula is C10H12N4O3. The minimum absolute atomic E-state index is 0.0228. The van der Waals surface area contributed by atoms with Crippen molar-refractivity contribution in [2.24, 2.45) is 0 Å². The van der Waals surface area contributed by atoms with Crippen molar-refractivity contribution in [3.05, 3.63) is 11.9 Å². The predicted octanol–water partition coefficient (Wildman–Crippen LogP) is -0.496. The number of amides is 1. The van der Waals surface area contributed by atoms with Gasteiger partial charge in [-0.3, -0.25) is 9.59 Å². The molecule has 0 fully saturated rings. The number of carboxylic acid groups (broad SMARTS) is 1. The topological polar surface area (TPSA) is 97.1 Å². The number of carbonyl (C=O) groups excluding carboxylic acids is 1. The van der Waals surface area contributed by atoms with Gasteiger partial charge in [-0.15, -0.1) is 11.5 Å². The lowest BCUT2D eigenvalue weighted by atomic mass is 10.1. The molecule has 0 aliphatic rings. The number of nitrogens with zero attached hydrogens (tertiary/aromatic N) is 3. The molecule has 1 rings (SSSR count). The number of terminal acetylenes is 1. The number of rotatable bonds is 4. The maximum Gasteiger partial charge on any atom is 0.325 e. The molecule has 0 aliphatic heterocycles. The Bertz CT molecular complexity index is 484. The maximum absolute atomic E-state index is 11.6. The molecule has 1 amide bonds. The molecule has 0 unspecified atom stereocenters. The van der Waals surface area contributed by atoms with Crippen molar-refractivity contribution in [1.82, 2.24) is 20.3 Å². The molecule has 7 nitrogen and oxygen atoms in total. The first kappa shape index (κ1) is 12.7. The molecule has 90 valence electrons. The molecule has 1 heterocycles. The van der Waals surface area contributed by atoms with Crippen LogP contribution in [-0.2, 0) is 11.3 Å². The van der Waals surface area contributed by atoms with Crippen LogP contribution in [0.1, 0.15) is 24.3 Å². The van der Waals surface area contributed by atoms with Crippen LogP contribution < -0.4 is 5.32 Å². The summed E-state index contributed by atoms with van der Waals surface area (Å²) in [5, 5.41) is 18.1. The quantitative estimate of drug-likeness (QED) is 0.687. The Hall–Kier alpha value is -2.36. The van der Waals surface area contributed by atoms with E-state index in [1.54, 1.807) is 13.8 Å². The fourth-order valence-electron chi connectivity index (χ4n) is 1.00. The Labute approximate surface area is 97.8 Å². The molecule has 2 N–H and O–H groups in total. The van der Waals surface area contributed by atoms with Gasteiger partial charge in [-0.1, -0.05) is 11.1 Å². The second kappa shape index (κ2) is 4.65. The van der Waals surface area contributed by atoms with Crippen LogP contribution in [0, 0.1) is 12.3 Å². The molecule has 0 aliphatic carbocycles. The van der Waals surface area contributed by atoms with Crippen molar-refractivity contribution in [2.75, 3.05) is 0 Å². The predicted molar refractivity (Wildman–Crippen MR) is 58.0 cm³/mol. The van der Waals surface area contributed by atoms with Crippen LogP contribution in [-0.4, -0.2) is 37.5 Å². The lowest BCUT2D eigenvalue weighted by Crippen LogP contribution is -2.42. The molecule has 17 heavy (non-hydrogen) atoms. The highest BCUT2D eigenvalue weighted by Gasteiger charge is 2.20. The van der Waals surface area contributed by atoms with Crippen molar-refractivity contribution in [2.45, 2.75) is 25.9 Å². The molecular weight excluding hydrogens is 224 g/mol. The number of aliphatic carboxylic acids is 1. The SMILES string of the molecule is C#CC(C)(C)NC(=O)c1cn(CC(=O)O)nn1. The van der Waals surface area contributed by atoms with E-state index >= 15 is 0 Å². The highest BCUT2D eigenvalue weighted by molar-refractivity contribution is 5.92. The molecule has 0 spiro atoms. The highest BCUT2D eigenvalue weighted by Crippen LogP contribution is 2.02. The highest BCUT2D eigenvalue weighted by atomic mass is 16.4. The fourth-order valence-corrected chi connectivity index (χ4v) is 1.00. The minimum Gasteiger partial charge on any atom is -0.480 e. The van der Waals surface area contributed by atoms with Crippen LogP contribution in [0.15, 0.2) is 6.20 Å². The van der Waals surface area contributed by atoms with E-state index in [1.165, 1.54) is 6.20 Å². The van der Waals surface area contributed by atoms with E-state index in [0.29, 0.717) is 0 Å². The van der Waals surface area contributed by atoms with Gasteiger partial charge in [-0.25, -0.2) is 4.68 Å². The summed E-state index contributed by atoms with van der Waals surface area (Å²) < 4.78 is 1.06. The smallest absolute Gasteiger partial charge is 0.325 e. The van der Waals surface area contributed by atoms with E-state index in [2.05, 4.69) is 21.5 Å². The zero-order chi connectivity index (χ0) is 13.1. The summed E-state index contributed by atoms with van der Waals surface area (Å²) in [6.45, 7) is 2.97. The third kappa shape index (κ3) is 3.61. The van der Waals surface area contributed by atoms with Crippen LogP contribution in [0.4, 0.5) is 0 Å². The zero-order valence-corrected chi connectivity index (χ0v) is 9.47. The number of nitrogens with one attached hydrogen (secondary N) is 1. The van der Waals surface area contributed by atoms with Crippen LogP contribution in [0.5, 0.6) is 0 Å². The maximum atomic E-state index is 11.6. The Morgan fingerprint density at radius 3 is 2.82 bits per heavy atom. The Balaban J connectivity index is 2.74. The summed E-state index contributed by atoms with van der Waals surface area (Å²) in [6, 6.07) is 0. The molecule has 0 saturated carbocycles. The Morgan fingerprint density at radius 1 is 1.65 bits per heavy atom. The average Bonchev–Trinajstić information content (AvgIpc) is 2.64. The summed E-state index contributed by atoms with van der Waals surface area (Å²) in [7, 11) is 0. The van der Waals surface area contributed by atoms with Crippen LogP contribution in [0.2, 0.25) is 0 Å². The molecule has 1 aromatic heterocycles. The van der Waals surface area contributed by atoms with E-state index in [-0.39, 0.29) is 12.2 Å². The first-order valence-electron chi connectivity index (χ1n) is 4.76. The van der Waals surface area contributed by atoms with Crippen LogP contribution >= 0.6 is 0 Å². The third-order valence-electron chi connectivity index (χ3n) is 1.86. The minimum atomic E-state index is -1.06. The van der Waals surface area contributed by atoms with Crippen LogP contribution in [0.3, 0.4) is 0 Å². The molecule has 7 heteroatoms. The number of aromatic nitrogens is 3. The van der Waals surface area contributed by atoms with Gasteiger partial charge in [-0.2, -0.15) is 0 Å². The summed E-state index contributed by atoms with van der Waals surface area (Å²) in [6.07, 6.45) is 6.47. The van der Waals surface area contributed by atoms with Gasteiger partial charge in [0.1, 0.15) is 6.54 Å². The second-order valence-corrected chi connectivity index (χ2v) is 3.92. The lowest BCUT2D eigenvalue weighted by Gasteiger charge is -2.18. The van der Waals surface area contributed by atoms with Crippen molar-refractivity contribution < 1.29 is 14.7 Å².